The molecule has 0 bridgehead atoms. The van der Waals surface area contributed by atoms with Crippen molar-refractivity contribution in [3.05, 3.63) is 99.5 Å². The number of nitrogens with one attached hydrogen (secondary N) is 1. The number of anilines is 1. The van der Waals surface area contributed by atoms with Gasteiger partial charge in [-0.15, -0.1) is 0 Å². The van der Waals surface area contributed by atoms with E-state index < -0.39 is 28.5 Å². The molecule has 0 spiro atoms. The van der Waals surface area contributed by atoms with E-state index in [9.17, 15) is 18.0 Å². The SMILES string of the molecule is CC(C)CNC(=O)[C@@H](Cc1ccccc1)N(Cc1cccc(Br)c1)C(=O)CN(c1cccc(Cl)c1)S(C)(=O)=O. The van der Waals surface area contributed by atoms with Gasteiger partial charge in [0.1, 0.15) is 12.6 Å². The van der Waals surface area contributed by atoms with Gasteiger partial charge in [0.2, 0.25) is 21.8 Å². The van der Waals surface area contributed by atoms with Crippen LogP contribution < -0.4 is 9.62 Å². The monoisotopic (exact) mass is 633 g/mol. The molecule has 0 saturated carbocycles. The summed E-state index contributed by atoms with van der Waals surface area (Å²) in [5, 5.41) is 3.31. The first-order valence-electron chi connectivity index (χ1n) is 12.5. The smallest absolute Gasteiger partial charge is 0.244 e. The van der Waals surface area contributed by atoms with Gasteiger partial charge in [0.15, 0.2) is 0 Å². The number of carbonyl (C=O) groups is 2. The summed E-state index contributed by atoms with van der Waals surface area (Å²) in [4.78, 5) is 29.1. The normalized spacial score (nSPS) is 12.2. The van der Waals surface area contributed by atoms with Crippen molar-refractivity contribution in [1.29, 1.82) is 0 Å². The summed E-state index contributed by atoms with van der Waals surface area (Å²) < 4.78 is 27.4. The van der Waals surface area contributed by atoms with E-state index in [0.29, 0.717) is 11.6 Å². The summed E-state index contributed by atoms with van der Waals surface area (Å²) in [6.07, 6.45) is 1.30. The molecule has 0 heterocycles. The van der Waals surface area contributed by atoms with Crippen molar-refractivity contribution in [2.45, 2.75) is 32.9 Å². The highest BCUT2D eigenvalue weighted by Crippen LogP contribution is 2.23. The Kier molecular flexibility index (Phi) is 11.0. The highest BCUT2D eigenvalue weighted by atomic mass is 79.9. The van der Waals surface area contributed by atoms with E-state index in [2.05, 4.69) is 21.2 Å². The zero-order valence-corrected chi connectivity index (χ0v) is 25.3. The molecule has 0 aliphatic heterocycles. The molecule has 0 aromatic heterocycles. The van der Waals surface area contributed by atoms with Gasteiger partial charge >= 0.3 is 0 Å². The van der Waals surface area contributed by atoms with Crippen LogP contribution >= 0.6 is 27.5 Å². The van der Waals surface area contributed by atoms with Crippen molar-refractivity contribution in [3.63, 3.8) is 0 Å². The minimum absolute atomic E-state index is 0.109. The average Bonchev–Trinajstić information content (AvgIpc) is 2.87. The van der Waals surface area contributed by atoms with E-state index in [1.807, 2.05) is 68.4 Å². The molecule has 3 aromatic carbocycles. The van der Waals surface area contributed by atoms with E-state index in [4.69, 9.17) is 11.6 Å². The van der Waals surface area contributed by atoms with Gasteiger partial charge < -0.3 is 10.2 Å². The first kappa shape index (κ1) is 30.7. The van der Waals surface area contributed by atoms with E-state index in [1.165, 1.54) is 11.0 Å². The third kappa shape index (κ3) is 9.37. The summed E-state index contributed by atoms with van der Waals surface area (Å²) in [5.74, 6) is -0.602. The minimum atomic E-state index is -3.85. The molecule has 7 nitrogen and oxygen atoms in total. The van der Waals surface area contributed by atoms with Gasteiger partial charge in [-0.05, 0) is 47.4 Å². The summed E-state index contributed by atoms with van der Waals surface area (Å²) in [7, 11) is -3.85. The zero-order chi connectivity index (χ0) is 28.6. The molecule has 0 aliphatic carbocycles. The number of amides is 2. The highest BCUT2D eigenvalue weighted by Gasteiger charge is 2.33. The van der Waals surface area contributed by atoms with E-state index >= 15 is 0 Å². The lowest BCUT2D eigenvalue weighted by molar-refractivity contribution is -0.140. The Balaban J connectivity index is 2.05. The van der Waals surface area contributed by atoms with Gasteiger partial charge in [0.25, 0.3) is 0 Å². The second-order valence-corrected chi connectivity index (χ2v) is 13.0. The zero-order valence-electron chi connectivity index (χ0n) is 22.2. The number of hydrogen-bond acceptors (Lipinski definition) is 4. The van der Waals surface area contributed by atoms with Crippen LogP contribution in [0.1, 0.15) is 25.0 Å². The molecule has 1 atom stereocenters. The van der Waals surface area contributed by atoms with Crippen molar-refractivity contribution >= 4 is 55.1 Å². The molecule has 2 amide bonds. The summed E-state index contributed by atoms with van der Waals surface area (Å²) in [6, 6.07) is 22.3. The van der Waals surface area contributed by atoms with Crippen molar-refractivity contribution in [3.8, 4) is 0 Å². The number of benzene rings is 3. The Labute approximate surface area is 244 Å². The maximum atomic E-state index is 14.0. The predicted octanol–water partition coefficient (Wildman–Crippen LogP) is 5.28. The van der Waals surface area contributed by atoms with Crippen LogP contribution in [0.2, 0.25) is 5.02 Å². The molecule has 0 aliphatic rings. The van der Waals surface area contributed by atoms with Crippen LogP contribution in [0, 0.1) is 5.92 Å². The van der Waals surface area contributed by atoms with Gasteiger partial charge in [-0.1, -0.05) is 89.9 Å². The van der Waals surface area contributed by atoms with Gasteiger partial charge in [-0.25, -0.2) is 8.42 Å². The highest BCUT2D eigenvalue weighted by molar-refractivity contribution is 9.10. The van der Waals surface area contributed by atoms with E-state index in [-0.39, 0.29) is 30.5 Å². The third-order valence-corrected chi connectivity index (χ3v) is 7.84. The van der Waals surface area contributed by atoms with Crippen molar-refractivity contribution in [2.75, 3.05) is 23.7 Å². The van der Waals surface area contributed by atoms with Crippen molar-refractivity contribution in [1.82, 2.24) is 10.2 Å². The van der Waals surface area contributed by atoms with Crippen LogP contribution in [0.25, 0.3) is 0 Å². The first-order valence-corrected chi connectivity index (χ1v) is 15.5. The number of carbonyl (C=O) groups excluding carboxylic acids is 2. The third-order valence-electron chi connectivity index (χ3n) is 5.97. The fourth-order valence-electron chi connectivity index (χ4n) is 4.05. The quantitative estimate of drug-likeness (QED) is 0.294. The molecule has 0 radical (unpaired) electrons. The Morgan fingerprint density at radius 2 is 1.62 bits per heavy atom. The minimum Gasteiger partial charge on any atom is -0.354 e. The summed E-state index contributed by atoms with van der Waals surface area (Å²) >= 11 is 9.60. The average molecular weight is 635 g/mol. The number of nitrogens with zero attached hydrogens (tertiary/aromatic N) is 2. The van der Waals surface area contributed by atoms with Crippen LogP contribution in [0.4, 0.5) is 5.69 Å². The first-order chi connectivity index (χ1) is 18.4. The largest absolute Gasteiger partial charge is 0.354 e. The van der Waals surface area contributed by atoms with Crippen LogP contribution in [0.5, 0.6) is 0 Å². The second-order valence-electron chi connectivity index (χ2n) is 9.75. The summed E-state index contributed by atoms with van der Waals surface area (Å²) in [5.41, 5.74) is 1.94. The number of hydrogen-bond donors (Lipinski definition) is 1. The molecule has 39 heavy (non-hydrogen) atoms. The number of halogens is 2. The van der Waals surface area contributed by atoms with E-state index in [0.717, 1.165) is 26.2 Å². The number of sulfonamides is 1. The van der Waals surface area contributed by atoms with E-state index in [1.54, 1.807) is 18.2 Å². The molecule has 0 saturated heterocycles. The summed E-state index contributed by atoms with van der Waals surface area (Å²) in [6.45, 7) is 4.05. The predicted molar refractivity (Wildman–Crippen MR) is 160 cm³/mol. The fourth-order valence-corrected chi connectivity index (χ4v) is 5.53. The molecular weight excluding hydrogens is 602 g/mol. The van der Waals surface area contributed by atoms with Gasteiger partial charge in [-0.3, -0.25) is 13.9 Å². The Morgan fingerprint density at radius 3 is 2.23 bits per heavy atom. The van der Waals surface area contributed by atoms with Crippen molar-refractivity contribution < 1.29 is 18.0 Å². The lowest BCUT2D eigenvalue weighted by Crippen LogP contribution is -2.53. The Hall–Kier alpha value is -2.88. The molecule has 0 fully saturated rings. The fraction of sp³-hybridized carbons (Fsp3) is 0.310. The second kappa shape index (κ2) is 14.0. The molecule has 3 rings (SSSR count). The Bertz CT molecular complexity index is 1390. The maximum absolute atomic E-state index is 14.0. The standard InChI is InChI=1S/C29H33BrClN3O4S/c1-21(2)18-32-29(36)27(16-22-9-5-4-6-10-22)33(19-23-11-7-12-24(30)15-23)28(35)20-34(39(3,37)38)26-14-8-13-25(31)17-26/h4-15,17,21,27H,16,18-20H2,1-3H3,(H,32,36)/t27-/m1/s1. The molecule has 208 valence electrons. The Morgan fingerprint density at radius 1 is 0.949 bits per heavy atom. The molecule has 3 aromatic rings. The maximum Gasteiger partial charge on any atom is 0.244 e. The van der Waals surface area contributed by atoms with Crippen LogP contribution in [-0.2, 0) is 32.6 Å². The number of rotatable bonds is 12. The van der Waals surface area contributed by atoms with Gasteiger partial charge in [-0.2, -0.15) is 0 Å². The molecule has 1 N–H and O–H groups in total. The molecular formula is C29H33BrClN3O4S. The van der Waals surface area contributed by atoms with Gasteiger partial charge in [0, 0.05) is 29.0 Å². The lowest BCUT2D eigenvalue weighted by atomic mass is 10.0. The topological polar surface area (TPSA) is 86.8 Å². The van der Waals surface area contributed by atoms with Crippen LogP contribution in [0.3, 0.4) is 0 Å². The van der Waals surface area contributed by atoms with Crippen LogP contribution in [-0.4, -0.2) is 50.5 Å². The van der Waals surface area contributed by atoms with Crippen LogP contribution in [0.15, 0.2) is 83.3 Å². The van der Waals surface area contributed by atoms with Gasteiger partial charge in [0.05, 0.1) is 11.9 Å². The lowest BCUT2D eigenvalue weighted by Gasteiger charge is -2.33. The molecule has 0 unspecified atom stereocenters. The van der Waals surface area contributed by atoms with Crippen molar-refractivity contribution in [2.24, 2.45) is 5.92 Å². The molecule has 10 heteroatoms.